The first-order valence-corrected chi connectivity index (χ1v) is 11.3. The molecular formula is C23H33N5O5. The van der Waals surface area contributed by atoms with Gasteiger partial charge in [-0.2, -0.15) is 5.10 Å². The van der Waals surface area contributed by atoms with Gasteiger partial charge in [-0.25, -0.2) is 14.8 Å². The fraction of sp³-hybridized carbons (Fsp3) is 0.609. The van der Waals surface area contributed by atoms with Gasteiger partial charge >= 0.3 is 12.1 Å². The first-order valence-electron chi connectivity index (χ1n) is 11.3. The van der Waals surface area contributed by atoms with Crippen LogP contribution in [0.4, 0.5) is 4.79 Å². The van der Waals surface area contributed by atoms with Crippen LogP contribution in [0.25, 0.3) is 11.4 Å². The zero-order valence-electron chi connectivity index (χ0n) is 19.9. The molecular weight excluding hydrogens is 426 g/mol. The van der Waals surface area contributed by atoms with Crippen LogP contribution < -0.4 is 4.74 Å². The van der Waals surface area contributed by atoms with Crippen LogP contribution in [0.15, 0.2) is 12.4 Å². The molecule has 180 valence electrons. The molecule has 1 fully saturated rings. The number of aryl methyl sites for hydroxylation is 2. The minimum Gasteiger partial charge on any atom is -0.487 e. The van der Waals surface area contributed by atoms with E-state index in [1.807, 2.05) is 20.8 Å². The molecule has 1 aliphatic rings. The number of ether oxygens (including phenoxy) is 2. The Hall–Kier alpha value is -3.17. The summed E-state index contributed by atoms with van der Waals surface area (Å²) in [5.74, 6) is 0.204. The van der Waals surface area contributed by atoms with Crippen molar-refractivity contribution in [2.75, 3.05) is 13.6 Å². The number of aromatic nitrogens is 4. The van der Waals surface area contributed by atoms with E-state index in [-0.39, 0.29) is 18.6 Å². The molecule has 1 amide bonds. The van der Waals surface area contributed by atoms with E-state index in [0.29, 0.717) is 53.8 Å². The van der Waals surface area contributed by atoms with Gasteiger partial charge in [0.25, 0.3) is 0 Å². The van der Waals surface area contributed by atoms with Gasteiger partial charge in [-0.15, -0.1) is 0 Å². The Morgan fingerprint density at radius 1 is 1.30 bits per heavy atom. The van der Waals surface area contributed by atoms with Crippen molar-refractivity contribution < 1.29 is 24.2 Å². The van der Waals surface area contributed by atoms with E-state index >= 15 is 0 Å². The second-order valence-corrected chi connectivity index (χ2v) is 9.04. The zero-order valence-corrected chi connectivity index (χ0v) is 19.9. The minimum absolute atomic E-state index is 0.0480. The fourth-order valence-corrected chi connectivity index (χ4v) is 4.04. The van der Waals surface area contributed by atoms with Crippen molar-refractivity contribution in [3.05, 3.63) is 23.8 Å². The maximum atomic E-state index is 12.3. The lowest BCUT2D eigenvalue weighted by atomic mass is 9.87. The van der Waals surface area contributed by atoms with Crippen LogP contribution in [0, 0.1) is 18.8 Å². The third kappa shape index (κ3) is 6.21. The predicted octanol–water partition coefficient (Wildman–Crippen LogP) is 3.43. The average molecular weight is 460 g/mol. The Labute approximate surface area is 193 Å². The van der Waals surface area contributed by atoms with Crippen LogP contribution in [0.1, 0.15) is 50.9 Å². The highest BCUT2D eigenvalue weighted by atomic mass is 16.6. The number of carboxylic acid groups (broad SMARTS) is 1. The molecule has 1 aliphatic carbocycles. The van der Waals surface area contributed by atoms with E-state index in [9.17, 15) is 14.7 Å². The summed E-state index contributed by atoms with van der Waals surface area (Å²) in [6.45, 7) is 6.56. The molecule has 0 bridgehead atoms. The molecule has 1 saturated carbocycles. The van der Waals surface area contributed by atoms with Gasteiger partial charge in [-0.05, 0) is 38.5 Å². The summed E-state index contributed by atoms with van der Waals surface area (Å²) in [7, 11) is 3.49. The van der Waals surface area contributed by atoms with Gasteiger partial charge < -0.3 is 19.5 Å². The smallest absolute Gasteiger partial charge is 0.409 e. The van der Waals surface area contributed by atoms with Crippen molar-refractivity contribution in [2.45, 2.75) is 59.2 Å². The Kier molecular flexibility index (Phi) is 7.88. The monoisotopic (exact) mass is 459 g/mol. The molecule has 0 aliphatic heterocycles. The van der Waals surface area contributed by atoms with Crippen LogP contribution in [-0.2, 0) is 23.2 Å². The van der Waals surface area contributed by atoms with Crippen molar-refractivity contribution in [3.63, 3.8) is 0 Å². The number of amides is 1. The van der Waals surface area contributed by atoms with Crippen LogP contribution in [0.5, 0.6) is 5.75 Å². The summed E-state index contributed by atoms with van der Waals surface area (Å²) in [5, 5.41) is 13.6. The van der Waals surface area contributed by atoms with Crippen LogP contribution in [0.3, 0.4) is 0 Å². The Morgan fingerprint density at radius 3 is 2.73 bits per heavy atom. The summed E-state index contributed by atoms with van der Waals surface area (Å²) in [5.41, 5.74) is 2.02. The molecule has 0 unspecified atom stereocenters. The van der Waals surface area contributed by atoms with E-state index in [1.165, 1.54) is 0 Å². The number of hydrogen-bond acceptors (Lipinski definition) is 7. The maximum Gasteiger partial charge on any atom is 0.409 e. The highest BCUT2D eigenvalue weighted by Gasteiger charge is 2.28. The SMILES string of the molecule is Cc1nc(-c2cnn(C)c2COC(=O)N(C)CC(C)C)ncc1O[C@H]1CCC[C@H](C(=O)O)C1. The highest BCUT2D eigenvalue weighted by Crippen LogP contribution is 2.30. The lowest BCUT2D eigenvalue weighted by molar-refractivity contribution is -0.143. The van der Waals surface area contributed by atoms with Gasteiger partial charge in [0, 0.05) is 20.6 Å². The number of rotatable bonds is 8. The summed E-state index contributed by atoms with van der Waals surface area (Å²) in [4.78, 5) is 34.2. The van der Waals surface area contributed by atoms with E-state index in [0.717, 1.165) is 12.8 Å². The van der Waals surface area contributed by atoms with Gasteiger partial charge in [0.15, 0.2) is 11.6 Å². The number of carbonyl (C=O) groups is 2. The minimum atomic E-state index is -0.771. The van der Waals surface area contributed by atoms with Crippen molar-refractivity contribution in [2.24, 2.45) is 18.9 Å². The highest BCUT2D eigenvalue weighted by molar-refractivity contribution is 5.70. The van der Waals surface area contributed by atoms with Gasteiger partial charge in [-0.3, -0.25) is 9.48 Å². The largest absolute Gasteiger partial charge is 0.487 e. The number of carbonyl (C=O) groups excluding carboxylic acids is 1. The summed E-state index contributed by atoms with van der Waals surface area (Å²) < 4.78 is 13.2. The molecule has 0 aromatic carbocycles. The van der Waals surface area contributed by atoms with Crippen LogP contribution in [0.2, 0.25) is 0 Å². The second-order valence-electron chi connectivity index (χ2n) is 9.04. The number of hydrogen-bond donors (Lipinski definition) is 1. The summed E-state index contributed by atoms with van der Waals surface area (Å²) >= 11 is 0. The lowest BCUT2D eigenvalue weighted by Gasteiger charge is -2.27. The van der Waals surface area contributed by atoms with Crippen molar-refractivity contribution in [3.8, 4) is 17.1 Å². The van der Waals surface area contributed by atoms with Crippen LogP contribution >= 0.6 is 0 Å². The normalized spacial score (nSPS) is 18.2. The predicted molar refractivity (Wildman–Crippen MR) is 121 cm³/mol. The van der Waals surface area contributed by atoms with Crippen molar-refractivity contribution in [1.29, 1.82) is 0 Å². The second kappa shape index (κ2) is 10.6. The van der Waals surface area contributed by atoms with Gasteiger partial charge in [0.2, 0.25) is 0 Å². The molecule has 0 saturated heterocycles. The Bertz CT molecular complexity index is 990. The van der Waals surface area contributed by atoms with Gasteiger partial charge in [0.1, 0.15) is 6.61 Å². The Morgan fingerprint density at radius 2 is 2.06 bits per heavy atom. The molecule has 2 atom stereocenters. The molecule has 0 spiro atoms. The maximum absolute atomic E-state index is 12.3. The molecule has 0 radical (unpaired) electrons. The number of carboxylic acids is 1. The van der Waals surface area contributed by atoms with E-state index in [1.54, 1.807) is 36.1 Å². The zero-order chi connectivity index (χ0) is 24.1. The molecule has 2 aromatic rings. The molecule has 2 aromatic heterocycles. The number of nitrogens with zero attached hydrogens (tertiary/aromatic N) is 5. The quantitative estimate of drug-likeness (QED) is 0.638. The first kappa shape index (κ1) is 24.5. The lowest BCUT2D eigenvalue weighted by Crippen LogP contribution is -2.31. The first-order chi connectivity index (χ1) is 15.7. The molecule has 3 rings (SSSR count). The molecule has 10 nitrogen and oxygen atoms in total. The summed E-state index contributed by atoms with van der Waals surface area (Å²) in [6, 6.07) is 0. The Balaban J connectivity index is 1.70. The number of aliphatic carboxylic acids is 1. The van der Waals surface area contributed by atoms with Gasteiger partial charge in [-0.1, -0.05) is 13.8 Å². The standard InChI is InChI=1S/C23H33N5O5/c1-14(2)12-27(4)23(31)32-13-19-18(10-25-28(19)5)21-24-11-20(15(3)26-21)33-17-8-6-7-16(9-17)22(29)30/h10-11,14,16-17H,6-9,12-13H2,1-5H3,(H,29,30)/t16-,17-/m0/s1. The van der Waals surface area contributed by atoms with E-state index < -0.39 is 12.1 Å². The fourth-order valence-electron chi connectivity index (χ4n) is 4.04. The molecule has 33 heavy (non-hydrogen) atoms. The van der Waals surface area contributed by atoms with E-state index in [2.05, 4.69) is 15.1 Å². The van der Waals surface area contributed by atoms with Crippen LogP contribution in [-0.4, -0.2) is 61.5 Å². The third-order valence-electron chi connectivity index (χ3n) is 5.79. The summed E-state index contributed by atoms with van der Waals surface area (Å²) in [6.07, 6.45) is 5.51. The third-order valence-corrected chi connectivity index (χ3v) is 5.79. The topological polar surface area (TPSA) is 120 Å². The molecule has 2 heterocycles. The molecule has 10 heteroatoms. The molecule has 1 N–H and O–H groups in total. The average Bonchev–Trinajstić information content (AvgIpc) is 3.13. The van der Waals surface area contributed by atoms with Crippen molar-refractivity contribution in [1.82, 2.24) is 24.6 Å². The van der Waals surface area contributed by atoms with E-state index in [4.69, 9.17) is 9.47 Å². The van der Waals surface area contributed by atoms with Gasteiger partial charge in [0.05, 0.1) is 41.4 Å². The van der Waals surface area contributed by atoms with Crippen molar-refractivity contribution >= 4 is 12.1 Å².